The minimum Gasteiger partial charge on any atom is -0.464 e. The number of hydrogen-bond donors (Lipinski definition) is 0. The van der Waals surface area contributed by atoms with Crippen molar-refractivity contribution in [2.24, 2.45) is 16.0 Å². The molecular weight excluding hydrogens is 470 g/mol. The van der Waals surface area contributed by atoms with Crippen LogP contribution in [0.2, 0.25) is 0 Å². The van der Waals surface area contributed by atoms with Gasteiger partial charge in [0.25, 0.3) is 5.69 Å². The Balaban J connectivity index is 2.66. The maximum absolute atomic E-state index is 13.3. The molecule has 2 unspecified atom stereocenters. The summed E-state index contributed by atoms with van der Waals surface area (Å²) in [6.45, 7) is 3.94. The predicted molar refractivity (Wildman–Crippen MR) is 129 cm³/mol. The molecule has 0 saturated heterocycles. The van der Waals surface area contributed by atoms with Crippen molar-refractivity contribution in [2.75, 3.05) is 32.9 Å². The van der Waals surface area contributed by atoms with Gasteiger partial charge in [-0.3, -0.25) is 24.7 Å². The molecule has 0 radical (unpaired) electrons. The van der Waals surface area contributed by atoms with Gasteiger partial charge in [0.2, 0.25) is 6.41 Å². The highest BCUT2D eigenvalue weighted by Gasteiger charge is 2.42. The van der Waals surface area contributed by atoms with Crippen molar-refractivity contribution in [3.05, 3.63) is 61.8 Å². The van der Waals surface area contributed by atoms with Gasteiger partial charge < -0.3 is 14.4 Å². The first-order valence-electron chi connectivity index (χ1n) is 11.3. The molecule has 2 atom stereocenters. The third kappa shape index (κ3) is 6.88. The van der Waals surface area contributed by atoms with Crippen LogP contribution in [0, 0.1) is 27.4 Å². The number of ether oxygens (including phenoxy) is 2. The number of allylic oxidation sites excluding steroid dienone is 1. The molecule has 1 aliphatic heterocycles. The SMILES string of the molecule is CCC1=NC(COCCN=[N+]=[N-])=C(N(C=O)CC)C(c2ccc([N+](=O)[O-])cc2)C1C(=O)OCCC#N. The molecular formula is C23H27N7O6. The first-order valence-corrected chi connectivity index (χ1v) is 11.3. The molecule has 0 spiro atoms. The van der Waals surface area contributed by atoms with Gasteiger partial charge in [0.15, 0.2) is 0 Å². The van der Waals surface area contributed by atoms with E-state index in [4.69, 9.17) is 20.3 Å². The van der Waals surface area contributed by atoms with E-state index in [1.807, 2.05) is 13.0 Å². The Bertz CT molecular complexity index is 1100. The Morgan fingerprint density at radius 1 is 1.36 bits per heavy atom. The normalized spacial score (nSPS) is 16.9. The fourth-order valence-electron chi connectivity index (χ4n) is 3.91. The second-order valence-corrected chi connectivity index (χ2v) is 7.57. The lowest BCUT2D eigenvalue weighted by atomic mass is 9.77. The average molecular weight is 498 g/mol. The lowest BCUT2D eigenvalue weighted by Crippen LogP contribution is -2.40. The summed E-state index contributed by atoms with van der Waals surface area (Å²) in [6, 6.07) is 7.65. The Hall–Kier alpha value is -4.27. The summed E-state index contributed by atoms with van der Waals surface area (Å²) < 4.78 is 11.0. The summed E-state index contributed by atoms with van der Waals surface area (Å²) in [5.41, 5.74) is 10.2. The number of carbonyl (C=O) groups is 2. The number of non-ortho nitro benzene ring substituents is 1. The number of nitriles is 1. The van der Waals surface area contributed by atoms with Gasteiger partial charge in [0.1, 0.15) is 12.5 Å². The number of aliphatic imine (C=N–C) groups is 1. The summed E-state index contributed by atoms with van der Waals surface area (Å²) in [5.74, 6) is -2.29. The molecule has 0 aromatic heterocycles. The number of nitro groups is 1. The van der Waals surface area contributed by atoms with Crippen LogP contribution in [0.3, 0.4) is 0 Å². The Morgan fingerprint density at radius 2 is 2.08 bits per heavy atom. The highest BCUT2D eigenvalue weighted by atomic mass is 16.6. The van der Waals surface area contributed by atoms with E-state index in [1.165, 1.54) is 29.2 Å². The summed E-state index contributed by atoms with van der Waals surface area (Å²) in [7, 11) is 0. The zero-order valence-electron chi connectivity index (χ0n) is 20.1. The van der Waals surface area contributed by atoms with E-state index in [0.717, 1.165) is 0 Å². The van der Waals surface area contributed by atoms with Crippen molar-refractivity contribution in [3.8, 4) is 6.07 Å². The maximum atomic E-state index is 13.3. The molecule has 2 rings (SSSR count). The van der Waals surface area contributed by atoms with Gasteiger partial charge in [-0.15, -0.1) is 0 Å². The average Bonchev–Trinajstić information content (AvgIpc) is 2.89. The fourth-order valence-corrected chi connectivity index (χ4v) is 3.91. The Kier molecular flexibility index (Phi) is 11.0. The molecule has 36 heavy (non-hydrogen) atoms. The second-order valence-electron chi connectivity index (χ2n) is 7.57. The van der Waals surface area contributed by atoms with E-state index in [2.05, 4.69) is 15.0 Å². The van der Waals surface area contributed by atoms with Crippen molar-refractivity contribution in [2.45, 2.75) is 32.6 Å². The molecule has 190 valence electrons. The van der Waals surface area contributed by atoms with E-state index in [9.17, 15) is 19.7 Å². The zero-order chi connectivity index (χ0) is 26.5. The van der Waals surface area contributed by atoms with Gasteiger partial charge in [0, 0.05) is 41.8 Å². The molecule has 1 heterocycles. The highest BCUT2D eigenvalue weighted by Crippen LogP contribution is 2.42. The van der Waals surface area contributed by atoms with Gasteiger partial charge in [-0.25, -0.2) is 0 Å². The molecule has 13 nitrogen and oxygen atoms in total. The van der Waals surface area contributed by atoms with Gasteiger partial charge in [-0.2, -0.15) is 5.26 Å². The lowest BCUT2D eigenvalue weighted by Gasteiger charge is -2.37. The number of benzene rings is 1. The summed E-state index contributed by atoms with van der Waals surface area (Å²) in [5, 5.41) is 23.4. The van der Waals surface area contributed by atoms with E-state index < -0.39 is 22.7 Å². The van der Waals surface area contributed by atoms with Gasteiger partial charge in [0.05, 0.1) is 42.0 Å². The van der Waals surface area contributed by atoms with E-state index in [-0.39, 0.29) is 45.0 Å². The Morgan fingerprint density at radius 3 is 2.64 bits per heavy atom. The second kappa shape index (κ2) is 14.2. The van der Waals surface area contributed by atoms with Crippen LogP contribution in [0.5, 0.6) is 0 Å². The van der Waals surface area contributed by atoms with Crippen LogP contribution in [-0.2, 0) is 19.1 Å². The molecule has 1 amide bonds. The molecule has 1 aromatic rings. The van der Waals surface area contributed by atoms with Gasteiger partial charge in [-0.1, -0.05) is 24.2 Å². The smallest absolute Gasteiger partial charge is 0.315 e. The van der Waals surface area contributed by atoms with Crippen molar-refractivity contribution in [1.29, 1.82) is 5.26 Å². The Labute approximate surface area is 207 Å². The lowest BCUT2D eigenvalue weighted by molar-refractivity contribution is -0.384. The van der Waals surface area contributed by atoms with Gasteiger partial charge >= 0.3 is 5.97 Å². The predicted octanol–water partition coefficient (Wildman–Crippen LogP) is 3.63. The highest BCUT2D eigenvalue weighted by molar-refractivity contribution is 6.05. The number of esters is 1. The number of likely N-dealkylation sites (N-methyl/N-ethyl adjacent to an activating group) is 1. The third-order valence-corrected chi connectivity index (χ3v) is 5.51. The number of nitrogens with zero attached hydrogens (tertiary/aromatic N) is 7. The molecule has 0 aliphatic carbocycles. The largest absolute Gasteiger partial charge is 0.464 e. The maximum Gasteiger partial charge on any atom is 0.315 e. The standard InChI is InChI=1S/C23H27N7O6/c1-3-18-21(23(32)36-12-5-10-24)20(16-6-8-17(9-7-16)30(33)34)22(29(4-2)15-31)19(27-18)14-35-13-11-26-28-25/h6-9,15,20-21H,3-5,11-14H2,1-2H3. The van der Waals surface area contributed by atoms with Crippen molar-refractivity contribution >= 4 is 23.8 Å². The van der Waals surface area contributed by atoms with Crippen LogP contribution in [0.1, 0.15) is 38.2 Å². The van der Waals surface area contributed by atoms with E-state index in [1.54, 1.807) is 6.92 Å². The summed E-state index contributed by atoms with van der Waals surface area (Å²) in [6.07, 6.45) is 1.02. The number of nitro benzene ring substituents is 1. The van der Waals surface area contributed by atoms with Crippen molar-refractivity contribution < 1.29 is 24.0 Å². The van der Waals surface area contributed by atoms with Gasteiger partial charge in [-0.05, 0) is 24.4 Å². The molecule has 13 heteroatoms. The monoisotopic (exact) mass is 497 g/mol. The van der Waals surface area contributed by atoms with Crippen LogP contribution in [-0.4, -0.2) is 60.8 Å². The minimum absolute atomic E-state index is 0.0155. The van der Waals surface area contributed by atoms with E-state index in [0.29, 0.717) is 35.5 Å². The first-order chi connectivity index (χ1) is 17.4. The number of rotatable bonds is 14. The molecule has 1 aromatic carbocycles. The van der Waals surface area contributed by atoms with Crippen LogP contribution in [0.4, 0.5) is 5.69 Å². The topological polar surface area (TPSA) is 184 Å². The summed E-state index contributed by atoms with van der Waals surface area (Å²) >= 11 is 0. The summed E-state index contributed by atoms with van der Waals surface area (Å²) in [4.78, 5) is 44.7. The minimum atomic E-state index is -0.925. The number of azide groups is 1. The van der Waals surface area contributed by atoms with Crippen LogP contribution in [0.15, 0.2) is 45.8 Å². The first kappa shape index (κ1) is 28.0. The van der Waals surface area contributed by atoms with Crippen LogP contribution >= 0.6 is 0 Å². The van der Waals surface area contributed by atoms with E-state index >= 15 is 0 Å². The molecule has 1 aliphatic rings. The molecule has 0 fully saturated rings. The molecule has 0 bridgehead atoms. The molecule has 0 N–H and O–H groups in total. The number of hydrogen-bond acceptors (Lipinski definition) is 9. The van der Waals surface area contributed by atoms with Crippen molar-refractivity contribution in [1.82, 2.24) is 4.90 Å². The quantitative estimate of drug-likeness (QED) is 0.0549. The number of amides is 1. The zero-order valence-corrected chi connectivity index (χ0v) is 20.1. The van der Waals surface area contributed by atoms with Crippen molar-refractivity contribution in [3.63, 3.8) is 0 Å². The molecule has 0 saturated carbocycles. The fraction of sp³-hybridized carbons (Fsp3) is 0.478. The number of carbonyl (C=O) groups excluding carboxylic acids is 2. The van der Waals surface area contributed by atoms with Crippen LogP contribution < -0.4 is 0 Å². The third-order valence-electron chi connectivity index (χ3n) is 5.51. The van der Waals surface area contributed by atoms with Crippen LogP contribution in [0.25, 0.3) is 10.4 Å².